The van der Waals surface area contributed by atoms with E-state index in [1.807, 2.05) is 0 Å². The van der Waals surface area contributed by atoms with E-state index >= 15 is 0 Å². The first-order chi connectivity index (χ1) is 10.7. The number of hydrogen-bond acceptors (Lipinski definition) is 9. The summed E-state index contributed by atoms with van der Waals surface area (Å²) in [7, 11) is 0. The zero-order valence-electron chi connectivity index (χ0n) is 11.9. The Morgan fingerprint density at radius 1 is 1.36 bits per heavy atom. The SMILES string of the molecule is CCOC1OC(O)C(n2cnc3c(N)ncnc32)OC1CO. The van der Waals surface area contributed by atoms with Crippen LogP contribution in [0.15, 0.2) is 12.7 Å². The van der Waals surface area contributed by atoms with Gasteiger partial charge in [-0.1, -0.05) is 0 Å². The van der Waals surface area contributed by atoms with Crippen molar-refractivity contribution >= 4 is 17.0 Å². The molecule has 0 bridgehead atoms. The number of aromatic nitrogens is 4. The highest BCUT2D eigenvalue weighted by Gasteiger charge is 2.40. The number of nitrogens with zero attached hydrogens (tertiary/aromatic N) is 4. The van der Waals surface area contributed by atoms with Crippen molar-refractivity contribution in [2.24, 2.45) is 0 Å². The van der Waals surface area contributed by atoms with Gasteiger partial charge in [-0.05, 0) is 6.92 Å². The van der Waals surface area contributed by atoms with Gasteiger partial charge in [0.05, 0.1) is 12.9 Å². The molecular formula is C12H17N5O5. The zero-order chi connectivity index (χ0) is 15.7. The van der Waals surface area contributed by atoms with Crippen LogP contribution in [0.4, 0.5) is 5.82 Å². The first kappa shape index (κ1) is 15.1. The van der Waals surface area contributed by atoms with Gasteiger partial charge in [0.25, 0.3) is 0 Å². The molecule has 1 aliphatic heterocycles. The smallest absolute Gasteiger partial charge is 0.203 e. The maximum absolute atomic E-state index is 10.1. The summed E-state index contributed by atoms with van der Waals surface area (Å²) in [5.74, 6) is 0.223. The normalized spacial score (nSPS) is 29.0. The molecule has 4 N–H and O–H groups in total. The average Bonchev–Trinajstić information content (AvgIpc) is 2.93. The molecule has 4 unspecified atom stereocenters. The molecule has 10 nitrogen and oxygen atoms in total. The van der Waals surface area contributed by atoms with Crippen LogP contribution in [-0.2, 0) is 14.2 Å². The fourth-order valence-corrected chi connectivity index (χ4v) is 2.30. The van der Waals surface area contributed by atoms with Crippen LogP contribution in [-0.4, -0.2) is 61.6 Å². The van der Waals surface area contributed by atoms with Gasteiger partial charge in [-0.25, -0.2) is 15.0 Å². The number of aliphatic hydroxyl groups is 2. The molecule has 0 radical (unpaired) electrons. The monoisotopic (exact) mass is 311 g/mol. The molecule has 2 aromatic heterocycles. The van der Waals surface area contributed by atoms with Gasteiger partial charge in [-0.3, -0.25) is 4.57 Å². The second-order valence-corrected chi connectivity index (χ2v) is 4.68. The standard InChI is InChI=1S/C12H17N5O5/c1-2-20-12-6(3-18)21-10(11(19)22-12)17-5-16-7-8(13)14-4-15-9(7)17/h4-6,10-12,18-19H,2-3H2,1H3,(H2,13,14,15). The highest BCUT2D eigenvalue weighted by Crippen LogP contribution is 2.29. The molecule has 1 saturated heterocycles. The van der Waals surface area contributed by atoms with E-state index in [4.69, 9.17) is 19.9 Å². The molecule has 4 atom stereocenters. The Kier molecular flexibility index (Phi) is 4.18. The maximum Gasteiger partial charge on any atom is 0.203 e. The third kappa shape index (κ3) is 2.51. The number of anilines is 1. The summed E-state index contributed by atoms with van der Waals surface area (Å²) >= 11 is 0. The van der Waals surface area contributed by atoms with E-state index in [1.165, 1.54) is 17.2 Å². The molecule has 3 rings (SSSR count). The predicted molar refractivity (Wildman–Crippen MR) is 73.2 cm³/mol. The van der Waals surface area contributed by atoms with Crippen molar-refractivity contribution in [2.75, 3.05) is 18.9 Å². The number of rotatable bonds is 4. The lowest BCUT2D eigenvalue weighted by molar-refractivity contribution is -0.364. The number of imidazole rings is 1. The van der Waals surface area contributed by atoms with Crippen molar-refractivity contribution in [3.63, 3.8) is 0 Å². The lowest BCUT2D eigenvalue weighted by Gasteiger charge is -2.38. The van der Waals surface area contributed by atoms with E-state index in [1.54, 1.807) is 6.92 Å². The second-order valence-electron chi connectivity index (χ2n) is 4.68. The minimum Gasteiger partial charge on any atom is -0.393 e. The summed E-state index contributed by atoms with van der Waals surface area (Å²) in [6.07, 6.45) is -1.14. The van der Waals surface area contributed by atoms with Gasteiger partial charge in [0, 0.05) is 6.61 Å². The summed E-state index contributed by atoms with van der Waals surface area (Å²) in [6, 6.07) is 0. The van der Waals surface area contributed by atoms with Crippen molar-refractivity contribution < 1.29 is 24.4 Å². The zero-order valence-corrected chi connectivity index (χ0v) is 11.9. The number of ether oxygens (including phenoxy) is 3. The molecule has 0 amide bonds. The third-order valence-electron chi connectivity index (χ3n) is 3.31. The van der Waals surface area contributed by atoms with Gasteiger partial charge in [0.1, 0.15) is 17.9 Å². The Morgan fingerprint density at radius 3 is 2.91 bits per heavy atom. The lowest BCUT2D eigenvalue weighted by Crippen LogP contribution is -2.49. The first-order valence-corrected chi connectivity index (χ1v) is 6.80. The van der Waals surface area contributed by atoms with Gasteiger partial charge in [-0.15, -0.1) is 0 Å². The molecule has 0 saturated carbocycles. The van der Waals surface area contributed by atoms with Crippen LogP contribution in [0.5, 0.6) is 0 Å². The van der Waals surface area contributed by atoms with Crippen LogP contribution in [0.3, 0.4) is 0 Å². The summed E-state index contributed by atoms with van der Waals surface area (Å²) < 4.78 is 17.8. The summed E-state index contributed by atoms with van der Waals surface area (Å²) in [4.78, 5) is 12.0. The van der Waals surface area contributed by atoms with Crippen LogP contribution in [0.1, 0.15) is 13.2 Å². The minimum absolute atomic E-state index is 0.223. The van der Waals surface area contributed by atoms with Crippen LogP contribution in [0.2, 0.25) is 0 Å². The summed E-state index contributed by atoms with van der Waals surface area (Å²) in [6.45, 7) is 1.82. The topological polar surface area (TPSA) is 138 Å². The first-order valence-electron chi connectivity index (χ1n) is 6.80. The van der Waals surface area contributed by atoms with Crippen LogP contribution < -0.4 is 5.73 Å². The van der Waals surface area contributed by atoms with E-state index in [9.17, 15) is 10.2 Å². The van der Waals surface area contributed by atoms with Crippen molar-refractivity contribution in [2.45, 2.75) is 31.8 Å². The predicted octanol–water partition coefficient (Wildman–Crippen LogP) is -1.00. The molecule has 0 aromatic carbocycles. The molecule has 1 fully saturated rings. The van der Waals surface area contributed by atoms with E-state index in [2.05, 4.69) is 15.0 Å². The Bertz CT molecular complexity index is 650. The molecule has 0 aliphatic carbocycles. The average molecular weight is 311 g/mol. The highest BCUT2D eigenvalue weighted by atomic mass is 16.8. The second kappa shape index (κ2) is 6.10. The molecule has 1 aliphatic rings. The Morgan fingerprint density at radius 2 is 2.18 bits per heavy atom. The quantitative estimate of drug-likeness (QED) is 0.648. The van der Waals surface area contributed by atoms with Gasteiger partial charge in [-0.2, -0.15) is 0 Å². The molecule has 3 heterocycles. The van der Waals surface area contributed by atoms with Gasteiger partial charge in [0.2, 0.25) is 6.29 Å². The van der Waals surface area contributed by atoms with Crippen LogP contribution >= 0.6 is 0 Å². The maximum atomic E-state index is 10.1. The van der Waals surface area contributed by atoms with E-state index in [0.29, 0.717) is 17.8 Å². The van der Waals surface area contributed by atoms with Crippen molar-refractivity contribution in [1.29, 1.82) is 0 Å². The number of fused-ring (bicyclic) bond motifs is 1. The van der Waals surface area contributed by atoms with Gasteiger partial charge < -0.3 is 30.2 Å². The lowest BCUT2D eigenvalue weighted by atomic mass is 10.3. The highest BCUT2D eigenvalue weighted by molar-refractivity contribution is 5.81. The fourth-order valence-electron chi connectivity index (χ4n) is 2.30. The molecule has 22 heavy (non-hydrogen) atoms. The fraction of sp³-hybridized carbons (Fsp3) is 0.583. The number of nitrogen functional groups attached to an aromatic ring is 1. The number of hydrogen-bond donors (Lipinski definition) is 3. The van der Waals surface area contributed by atoms with Crippen LogP contribution in [0, 0.1) is 0 Å². The van der Waals surface area contributed by atoms with Crippen molar-refractivity contribution in [1.82, 2.24) is 19.5 Å². The third-order valence-corrected chi connectivity index (χ3v) is 3.31. The van der Waals surface area contributed by atoms with Gasteiger partial charge in [0.15, 0.2) is 24.0 Å². The minimum atomic E-state index is -1.31. The Balaban J connectivity index is 1.92. The summed E-state index contributed by atoms with van der Waals surface area (Å²) in [5.41, 5.74) is 6.52. The molecular weight excluding hydrogens is 294 g/mol. The van der Waals surface area contributed by atoms with E-state index in [-0.39, 0.29) is 12.4 Å². The largest absolute Gasteiger partial charge is 0.393 e. The van der Waals surface area contributed by atoms with Crippen LogP contribution in [0.25, 0.3) is 11.2 Å². The van der Waals surface area contributed by atoms with Gasteiger partial charge >= 0.3 is 0 Å². The molecule has 10 heteroatoms. The van der Waals surface area contributed by atoms with E-state index in [0.717, 1.165) is 0 Å². The van der Waals surface area contributed by atoms with Crippen molar-refractivity contribution in [3.8, 4) is 0 Å². The molecule has 2 aromatic rings. The Labute approximate surface area is 125 Å². The van der Waals surface area contributed by atoms with E-state index < -0.39 is 24.9 Å². The van der Waals surface area contributed by atoms with Crippen molar-refractivity contribution in [3.05, 3.63) is 12.7 Å². The molecule has 120 valence electrons. The Hall–Kier alpha value is -1.85. The summed E-state index contributed by atoms with van der Waals surface area (Å²) in [5, 5.41) is 19.6. The number of nitrogens with two attached hydrogens (primary N) is 1. The number of aliphatic hydroxyl groups excluding tert-OH is 2. The molecule has 0 spiro atoms.